The van der Waals surface area contributed by atoms with E-state index in [0.29, 0.717) is 43.7 Å². The van der Waals surface area contributed by atoms with E-state index in [-0.39, 0.29) is 23.3 Å². The molecule has 9 heteroatoms. The maximum absolute atomic E-state index is 13.2. The van der Waals surface area contributed by atoms with E-state index < -0.39 is 21.8 Å². The Morgan fingerprint density at radius 2 is 1.61 bits per heavy atom. The molecule has 0 unspecified atom stereocenters. The van der Waals surface area contributed by atoms with E-state index in [1.807, 2.05) is 4.90 Å². The molecule has 176 valence electrons. The quantitative estimate of drug-likeness (QED) is 0.720. The van der Waals surface area contributed by atoms with Gasteiger partial charge in [-0.3, -0.25) is 9.59 Å². The van der Waals surface area contributed by atoms with Gasteiger partial charge in [-0.05, 0) is 68.5 Å². The molecule has 2 amide bonds. The molecule has 2 aliphatic rings. The summed E-state index contributed by atoms with van der Waals surface area (Å²) in [5.41, 5.74) is 0.885. The van der Waals surface area contributed by atoms with Crippen LogP contribution in [0.3, 0.4) is 0 Å². The van der Waals surface area contributed by atoms with Gasteiger partial charge in [0.2, 0.25) is 15.9 Å². The zero-order chi connectivity index (χ0) is 23.4. The van der Waals surface area contributed by atoms with Crippen LogP contribution in [-0.2, 0) is 14.8 Å². The second-order valence-electron chi connectivity index (χ2n) is 8.54. The lowest BCUT2D eigenvalue weighted by atomic mass is 9.98. The Kier molecular flexibility index (Phi) is 7.09. The first-order valence-electron chi connectivity index (χ1n) is 11.3. The van der Waals surface area contributed by atoms with E-state index in [2.05, 4.69) is 5.32 Å². The zero-order valence-electron chi connectivity index (χ0n) is 18.4. The van der Waals surface area contributed by atoms with Gasteiger partial charge in [-0.25, -0.2) is 12.8 Å². The zero-order valence-corrected chi connectivity index (χ0v) is 19.2. The second-order valence-corrected chi connectivity index (χ2v) is 10.5. The number of nitrogens with one attached hydrogen (secondary N) is 1. The molecule has 1 atom stereocenters. The molecule has 33 heavy (non-hydrogen) atoms. The predicted molar refractivity (Wildman–Crippen MR) is 123 cm³/mol. The maximum atomic E-state index is 13.2. The monoisotopic (exact) mass is 473 g/mol. The highest BCUT2D eigenvalue weighted by atomic mass is 32.2. The highest BCUT2D eigenvalue weighted by molar-refractivity contribution is 7.89. The van der Waals surface area contributed by atoms with E-state index in [4.69, 9.17) is 0 Å². The lowest BCUT2D eigenvalue weighted by Crippen LogP contribution is -2.43. The normalized spacial score (nSPS) is 19.8. The molecule has 0 spiro atoms. The van der Waals surface area contributed by atoms with Gasteiger partial charge in [0, 0.05) is 26.2 Å². The smallest absolute Gasteiger partial charge is 0.255 e. The summed E-state index contributed by atoms with van der Waals surface area (Å²) in [6.07, 6.45) is 4.14. The fourth-order valence-electron chi connectivity index (χ4n) is 4.41. The molecule has 0 aromatic heterocycles. The Labute approximate surface area is 193 Å². The molecule has 2 aliphatic heterocycles. The van der Waals surface area contributed by atoms with E-state index in [0.717, 1.165) is 31.4 Å². The summed E-state index contributed by atoms with van der Waals surface area (Å²) in [6, 6.07) is 11.6. The van der Waals surface area contributed by atoms with Crippen LogP contribution in [0.15, 0.2) is 53.4 Å². The SMILES string of the molecule is O=C(Nc1ccccc1C(=O)N1CCCCC1)[C@H]1CCCN(S(=O)(=O)c2ccc(F)cc2)C1. The fraction of sp³-hybridized carbons (Fsp3) is 0.417. The third-order valence-electron chi connectivity index (χ3n) is 6.26. The molecule has 4 rings (SSSR count). The van der Waals surface area contributed by atoms with Crippen molar-refractivity contribution in [3.63, 3.8) is 0 Å². The molecule has 2 fully saturated rings. The van der Waals surface area contributed by atoms with Crippen molar-refractivity contribution >= 4 is 27.5 Å². The molecular formula is C24H28FN3O4S. The molecule has 2 aromatic carbocycles. The van der Waals surface area contributed by atoms with Gasteiger partial charge in [0.1, 0.15) is 5.82 Å². The minimum Gasteiger partial charge on any atom is -0.339 e. The van der Waals surface area contributed by atoms with Crippen LogP contribution in [0.5, 0.6) is 0 Å². The summed E-state index contributed by atoms with van der Waals surface area (Å²) >= 11 is 0. The molecule has 0 bridgehead atoms. The minimum atomic E-state index is -3.83. The molecule has 0 saturated carbocycles. The number of benzene rings is 2. The molecule has 2 saturated heterocycles. The summed E-state index contributed by atoms with van der Waals surface area (Å²) in [5, 5.41) is 2.86. The minimum absolute atomic E-state index is 0.00225. The standard InChI is InChI=1S/C24H28FN3O4S/c25-19-10-12-20(13-11-19)33(31,32)28-16-6-7-18(17-28)23(29)26-22-9-3-2-8-21(22)24(30)27-14-4-1-5-15-27/h2-3,8-13,18H,1,4-7,14-17H2,(H,26,29)/t18-/m0/s1. The van der Waals surface area contributed by atoms with Crippen molar-refractivity contribution in [1.82, 2.24) is 9.21 Å². The molecule has 2 heterocycles. The van der Waals surface area contributed by atoms with E-state index in [9.17, 15) is 22.4 Å². The average molecular weight is 474 g/mol. The van der Waals surface area contributed by atoms with Gasteiger partial charge in [-0.1, -0.05) is 12.1 Å². The molecule has 1 N–H and O–H groups in total. The first-order chi connectivity index (χ1) is 15.9. The van der Waals surface area contributed by atoms with Crippen LogP contribution in [0, 0.1) is 11.7 Å². The highest BCUT2D eigenvalue weighted by Crippen LogP contribution is 2.26. The summed E-state index contributed by atoms with van der Waals surface area (Å²) < 4.78 is 40.4. The largest absolute Gasteiger partial charge is 0.339 e. The number of likely N-dealkylation sites (tertiary alicyclic amines) is 1. The van der Waals surface area contributed by atoms with Crippen LogP contribution in [0.4, 0.5) is 10.1 Å². The van der Waals surface area contributed by atoms with Crippen molar-refractivity contribution < 1.29 is 22.4 Å². The summed E-state index contributed by atoms with van der Waals surface area (Å²) in [5.74, 6) is -1.47. The van der Waals surface area contributed by atoms with Gasteiger partial charge in [0.05, 0.1) is 22.1 Å². The molecule has 7 nitrogen and oxygen atoms in total. The molecule has 2 aromatic rings. The topological polar surface area (TPSA) is 86.8 Å². The van der Waals surface area contributed by atoms with Crippen LogP contribution in [0.2, 0.25) is 0 Å². The number of rotatable bonds is 5. The first kappa shape index (κ1) is 23.4. The van der Waals surface area contributed by atoms with Gasteiger partial charge in [0.25, 0.3) is 5.91 Å². The average Bonchev–Trinajstić information content (AvgIpc) is 2.85. The number of anilines is 1. The number of amides is 2. The summed E-state index contributed by atoms with van der Waals surface area (Å²) in [6.45, 7) is 1.75. The number of carbonyl (C=O) groups excluding carboxylic acids is 2. The molecule has 0 radical (unpaired) electrons. The van der Waals surface area contributed by atoms with Gasteiger partial charge < -0.3 is 10.2 Å². The van der Waals surface area contributed by atoms with Crippen LogP contribution in [0.25, 0.3) is 0 Å². The number of hydrogen-bond donors (Lipinski definition) is 1. The molecular weight excluding hydrogens is 445 g/mol. The Bertz CT molecular complexity index is 1110. The Morgan fingerprint density at radius 3 is 2.33 bits per heavy atom. The number of halogens is 1. The van der Waals surface area contributed by atoms with Gasteiger partial charge in [-0.15, -0.1) is 0 Å². The van der Waals surface area contributed by atoms with Gasteiger partial charge in [-0.2, -0.15) is 4.31 Å². The first-order valence-corrected chi connectivity index (χ1v) is 12.7. The Morgan fingerprint density at radius 1 is 0.909 bits per heavy atom. The van der Waals surface area contributed by atoms with Crippen molar-refractivity contribution in [2.75, 3.05) is 31.5 Å². The lowest BCUT2D eigenvalue weighted by Gasteiger charge is -2.31. The van der Waals surface area contributed by atoms with Crippen LogP contribution >= 0.6 is 0 Å². The fourth-order valence-corrected chi connectivity index (χ4v) is 5.93. The number of nitrogens with zero attached hydrogens (tertiary/aromatic N) is 2. The van der Waals surface area contributed by atoms with Crippen molar-refractivity contribution in [3.8, 4) is 0 Å². The van der Waals surface area contributed by atoms with Gasteiger partial charge >= 0.3 is 0 Å². The Balaban J connectivity index is 1.47. The van der Waals surface area contributed by atoms with Crippen LogP contribution in [-0.4, -0.2) is 55.6 Å². The Hall–Kier alpha value is -2.78. The van der Waals surface area contributed by atoms with Crippen molar-refractivity contribution in [2.45, 2.75) is 37.0 Å². The predicted octanol–water partition coefficient (Wildman–Crippen LogP) is 3.49. The third-order valence-corrected chi connectivity index (χ3v) is 8.14. The second kappa shape index (κ2) is 10.0. The number of piperidine rings is 2. The van der Waals surface area contributed by atoms with Crippen molar-refractivity contribution in [1.29, 1.82) is 0 Å². The molecule has 0 aliphatic carbocycles. The highest BCUT2D eigenvalue weighted by Gasteiger charge is 2.34. The number of para-hydroxylation sites is 1. The van der Waals surface area contributed by atoms with E-state index in [1.54, 1.807) is 24.3 Å². The van der Waals surface area contributed by atoms with Crippen LogP contribution in [0.1, 0.15) is 42.5 Å². The summed E-state index contributed by atoms with van der Waals surface area (Å²) in [4.78, 5) is 27.9. The maximum Gasteiger partial charge on any atom is 0.255 e. The third kappa shape index (κ3) is 5.25. The lowest BCUT2D eigenvalue weighted by molar-refractivity contribution is -0.120. The number of sulfonamides is 1. The summed E-state index contributed by atoms with van der Waals surface area (Å²) in [7, 11) is -3.83. The van der Waals surface area contributed by atoms with Gasteiger partial charge in [0.15, 0.2) is 0 Å². The van der Waals surface area contributed by atoms with Crippen LogP contribution < -0.4 is 5.32 Å². The van der Waals surface area contributed by atoms with E-state index in [1.165, 1.54) is 16.4 Å². The van der Waals surface area contributed by atoms with Crippen molar-refractivity contribution in [2.24, 2.45) is 5.92 Å². The number of hydrogen-bond acceptors (Lipinski definition) is 4. The number of carbonyl (C=O) groups is 2. The van der Waals surface area contributed by atoms with Crippen molar-refractivity contribution in [3.05, 3.63) is 59.9 Å². The van der Waals surface area contributed by atoms with E-state index >= 15 is 0 Å².